The molecule has 0 atom stereocenters. The number of aromatic nitrogens is 2. The van der Waals surface area contributed by atoms with E-state index in [1.165, 1.54) is 6.20 Å². The van der Waals surface area contributed by atoms with Crippen molar-refractivity contribution >= 4 is 17.4 Å². The molecule has 0 aliphatic rings. The van der Waals surface area contributed by atoms with Crippen molar-refractivity contribution in [2.45, 2.75) is 6.92 Å². The van der Waals surface area contributed by atoms with Crippen LogP contribution in [0.3, 0.4) is 0 Å². The van der Waals surface area contributed by atoms with Crippen LogP contribution < -0.4 is 10.2 Å². The van der Waals surface area contributed by atoms with Crippen LogP contribution in [0.2, 0.25) is 0 Å². The summed E-state index contributed by atoms with van der Waals surface area (Å²) < 4.78 is 0. The molecule has 2 rings (SSSR count). The van der Waals surface area contributed by atoms with Gasteiger partial charge in [-0.3, -0.25) is 4.79 Å². The zero-order valence-electron chi connectivity index (χ0n) is 12.0. The van der Waals surface area contributed by atoms with Crippen LogP contribution in [0.1, 0.15) is 17.4 Å². The molecule has 2 aromatic rings. The van der Waals surface area contributed by atoms with Crippen LogP contribution in [0.4, 0.5) is 11.5 Å². The Morgan fingerprint density at radius 3 is 2.62 bits per heavy atom. The average Bonchev–Trinajstić information content (AvgIpc) is 2.55. The highest BCUT2D eigenvalue weighted by Gasteiger charge is 2.11. The Morgan fingerprint density at radius 1 is 1.29 bits per heavy atom. The molecule has 0 bridgehead atoms. The van der Waals surface area contributed by atoms with Gasteiger partial charge in [0, 0.05) is 18.8 Å². The van der Waals surface area contributed by atoms with Crippen molar-refractivity contribution in [3.05, 3.63) is 61.1 Å². The first-order valence-electron chi connectivity index (χ1n) is 6.80. The number of carbonyl (C=O) groups is 1. The summed E-state index contributed by atoms with van der Waals surface area (Å²) >= 11 is 0. The maximum atomic E-state index is 11.7. The normalized spacial score (nSPS) is 9.95. The number of benzene rings is 1. The number of hydrogen-bond donors (Lipinski definition) is 1. The van der Waals surface area contributed by atoms with Gasteiger partial charge in [0.15, 0.2) is 5.82 Å². The standard InChI is InChI=1S/C16H18N4O/c1-3-10-17-16(21)14-11-19-15(12-18-14)20(4-2)13-8-6-5-7-9-13/h3,5-9,11-12H,1,4,10H2,2H3,(H,17,21). The summed E-state index contributed by atoms with van der Waals surface area (Å²) in [6.07, 6.45) is 4.71. The quantitative estimate of drug-likeness (QED) is 0.827. The largest absolute Gasteiger partial charge is 0.347 e. The van der Waals surface area contributed by atoms with E-state index in [4.69, 9.17) is 0 Å². The maximum Gasteiger partial charge on any atom is 0.271 e. The first-order valence-corrected chi connectivity index (χ1v) is 6.80. The highest BCUT2D eigenvalue weighted by atomic mass is 16.1. The molecule has 108 valence electrons. The van der Waals surface area contributed by atoms with Crippen LogP contribution >= 0.6 is 0 Å². The predicted octanol–water partition coefficient (Wildman–Crippen LogP) is 2.55. The van der Waals surface area contributed by atoms with Crippen molar-refractivity contribution in [1.29, 1.82) is 0 Å². The van der Waals surface area contributed by atoms with Gasteiger partial charge in [-0.1, -0.05) is 24.3 Å². The van der Waals surface area contributed by atoms with E-state index in [2.05, 4.69) is 21.9 Å². The molecule has 0 radical (unpaired) electrons. The highest BCUT2D eigenvalue weighted by Crippen LogP contribution is 2.21. The van der Waals surface area contributed by atoms with Crippen LogP contribution in [0.25, 0.3) is 0 Å². The van der Waals surface area contributed by atoms with Gasteiger partial charge in [0.1, 0.15) is 5.69 Å². The lowest BCUT2D eigenvalue weighted by molar-refractivity contribution is 0.0952. The van der Waals surface area contributed by atoms with Gasteiger partial charge < -0.3 is 10.2 Å². The molecule has 1 N–H and O–H groups in total. The Kier molecular flexibility index (Phi) is 5.04. The summed E-state index contributed by atoms with van der Waals surface area (Å²) in [5, 5.41) is 2.67. The summed E-state index contributed by atoms with van der Waals surface area (Å²) in [6, 6.07) is 9.94. The molecule has 0 aliphatic heterocycles. The number of amides is 1. The van der Waals surface area contributed by atoms with Crippen molar-refractivity contribution in [3.8, 4) is 0 Å². The van der Waals surface area contributed by atoms with E-state index in [1.807, 2.05) is 42.2 Å². The topological polar surface area (TPSA) is 58.1 Å². The van der Waals surface area contributed by atoms with E-state index in [1.54, 1.807) is 12.3 Å². The molecule has 1 amide bonds. The molecule has 5 heteroatoms. The van der Waals surface area contributed by atoms with E-state index in [0.717, 1.165) is 12.2 Å². The Morgan fingerprint density at radius 2 is 2.05 bits per heavy atom. The molecule has 21 heavy (non-hydrogen) atoms. The molecule has 1 aromatic carbocycles. The monoisotopic (exact) mass is 282 g/mol. The van der Waals surface area contributed by atoms with Crippen LogP contribution in [0.15, 0.2) is 55.4 Å². The molecule has 0 unspecified atom stereocenters. The van der Waals surface area contributed by atoms with Crippen molar-refractivity contribution in [2.24, 2.45) is 0 Å². The average molecular weight is 282 g/mol. The second kappa shape index (κ2) is 7.19. The summed E-state index contributed by atoms with van der Waals surface area (Å²) in [6.45, 7) is 6.77. The zero-order valence-corrected chi connectivity index (χ0v) is 12.0. The fraction of sp³-hybridized carbons (Fsp3) is 0.188. The minimum absolute atomic E-state index is 0.253. The number of carbonyl (C=O) groups excluding carboxylic acids is 1. The van der Waals surface area contributed by atoms with E-state index in [9.17, 15) is 4.79 Å². The van der Waals surface area contributed by atoms with E-state index < -0.39 is 0 Å². The van der Waals surface area contributed by atoms with E-state index >= 15 is 0 Å². The second-order valence-corrected chi connectivity index (χ2v) is 4.34. The number of nitrogens with one attached hydrogen (secondary N) is 1. The van der Waals surface area contributed by atoms with Crippen molar-refractivity contribution < 1.29 is 4.79 Å². The van der Waals surface area contributed by atoms with Crippen LogP contribution in [-0.2, 0) is 0 Å². The van der Waals surface area contributed by atoms with Crippen molar-refractivity contribution in [2.75, 3.05) is 18.0 Å². The molecule has 1 heterocycles. The third kappa shape index (κ3) is 3.66. The molecular formula is C16H18N4O. The molecule has 0 spiro atoms. The lowest BCUT2D eigenvalue weighted by Gasteiger charge is -2.21. The van der Waals surface area contributed by atoms with Crippen LogP contribution in [0, 0.1) is 0 Å². The zero-order chi connectivity index (χ0) is 15.1. The van der Waals surface area contributed by atoms with Gasteiger partial charge in [-0.25, -0.2) is 9.97 Å². The first-order chi connectivity index (χ1) is 10.3. The first kappa shape index (κ1) is 14.7. The fourth-order valence-corrected chi connectivity index (χ4v) is 1.92. The van der Waals surface area contributed by atoms with E-state index in [-0.39, 0.29) is 5.91 Å². The molecule has 0 aliphatic carbocycles. The van der Waals surface area contributed by atoms with Crippen molar-refractivity contribution in [1.82, 2.24) is 15.3 Å². The van der Waals surface area contributed by atoms with Gasteiger partial charge in [-0.2, -0.15) is 0 Å². The summed E-state index contributed by atoms with van der Waals surface area (Å²) in [7, 11) is 0. The van der Waals surface area contributed by atoms with E-state index in [0.29, 0.717) is 18.1 Å². The molecule has 5 nitrogen and oxygen atoms in total. The molecule has 0 saturated heterocycles. The SMILES string of the molecule is C=CCNC(=O)c1cnc(N(CC)c2ccccc2)cn1. The Balaban J connectivity index is 2.17. The number of anilines is 2. The highest BCUT2D eigenvalue weighted by molar-refractivity contribution is 5.92. The van der Waals surface area contributed by atoms with Gasteiger partial charge in [-0.15, -0.1) is 6.58 Å². The Labute approximate surface area is 124 Å². The van der Waals surface area contributed by atoms with Gasteiger partial charge in [-0.05, 0) is 19.1 Å². The smallest absolute Gasteiger partial charge is 0.271 e. The lowest BCUT2D eigenvalue weighted by atomic mass is 10.3. The fourth-order valence-electron chi connectivity index (χ4n) is 1.92. The third-order valence-electron chi connectivity index (χ3n) is 2.94. The number of rotatable bonds is 6. The van der Waals surface area contributed by atoms with Gasteiger partial charge in [0.05, 0.1) is 12.4 Å². The molecular weight excluding hydrogens is 264 g/mol. The second-order valence-electron chi connectivity index (χ2n) is 4.34. The summed E-state index contributed by atoms with van der Waals surface area (Å²) in [5.74, 6) is 0.459. The molecule has 0 saturated carbocycles. The van der Waals surface area contributed by atoms with Crippen LogP contribution in [-0.4, -0.2) is 29.0 Å². The maximum absolute atomic E-state index is 11.7. The Hall–Kier alpha value is -2.69. The molecule has 1 aromatic heterocycles. The minimum atomic E-state index is -0.253. The number of nitrogens with zero attached hydrogens (tertiary/aromatic N) is 3. The predicted molar refractivity (Wildman–Crippen MR) is 83.7 cm³/mol. The van der Waals surface area contributed by atoms with Crippen LogP contribution in [0.5, 0.6) is 0 Å². The molecule has 0 fully saturated rings. The number of hydrogen-bond acceptors (Lipinski definition) is 4. The Bertz CT molecular complexity index is 595. The third-order valence-corrected chi connectivity index (χ3v) is 2.94. The minimum Gasteiger partial charge on any atom is -0.347 e. The van der Waals surface area contributed by atoms with Gasteiger partial charge >= 0.3 is 0 Å². The summed E-state index contributed by atoms with van der Waals surface area (Å²) in [4.78, 5) is 22.3. The summed E-state index contributed by atoms with van der Waals surface area (Å²) in [5.41, 5.74) is 1.34. The van der Waals surface area contributed by atoms with Gasteiger partial charge in [0.2, 0.25) is 0 Å². The van der Waals surface area contributed by atoms with Gasteiger partial charge in [0.25, 0.3) is 5.91 Å². The van der Waals surface area contributed by atoms with Crippen molar-refractivity contribution in [3.63, 3.8) is 0 Å². The lowest BCUT2D eigenvalue weighted by Crippen LogP contribution is -2.25. The number of para-hydroxylation sites is 1.